The number of thiocarbonyl (C=S) groups is 1. The van der Waals surface area contributed by atoms with Gasteiger partial charge in [0.2, 0.25) is 0 Å². The van der Waals surface area contributed by atoms with Crippen LogP contribution in [0.4, 0.5) is 0 Å². The van der Waals surface area contributed by atoms with Crippen molar-refractivity contribution in [3.05, 3.63) is 71.2 Å². The zero-order valence-electron chi connectivity index (χ0n) is 19.9. The minimum atomic E-state index is -1.19. The second-order valence-corrected chi connectivity index (χ2v) is 9.32. The molecule has 8 nitrogen and oxygen atoms in total. The fourth-order valence-electron chi connectivity index (χ4n) is 4.68. The van der Waals surface area contributed by atoms with Crippen LogP contribution in [0, 0.1) is 17.2 Å². The van der Waals surface area contributed by atoms with Gasteiger partial charge < -0.3 is 29.8 Å². The number of aliphatic hydroxyl groups is 1. The van der Waals surface area contributed by atoms with E-state index >= 15 is 0 Å². The smallest absolute Gasteiger partial charge is 0.345 e. The van der Waals surface area contributed by atoms with Gasteiger partial charge in [-0.3, -0.25) is 0 Å². The number of rotatable bonds is 8. The molecule has 1 aliphatic heterocycles. The van der Waals surface area contributed by atoms with Crippen LogP contribution in [0.1, 0.15) is 49.1 Å². The minimum absolute atomic E-state index is 0.129. The number of hydrogen-bond acceptors (Lipinski definition) is 8. The maximum absolute atomic E-state index is 13.3. The highest BCUT2D eigenvalue weighted by molar-refractivity contribution is 7.80. The molecule has 1 aliphatic carbocycles. The maximum Gasteiger partial charge on any atom is 0.345 e. The first-order chi connectivity index (χ1) is 17.4. The molecule has 2 aromatic rings. The number of nitrogens with two attached hydrogens (primary N) is 1. The van der Waals surface area contributed by atoms with Gasteiger partial charge in [-0.15, -0.1) is 0 Å². The third-order valence-electron chi connectivity index (χ3n) is 6.50. The predicted molar refractivity (Wildman–Crippen MR) is 135 cm³/mol. The highest BCUT2D eigenvalue weighted by Gasteiger charge is 2.48. The molecule has 4 rings (SSSR count). The lowest BCUT2D eigenvalue weighted by Gasteiger charge is -2.40. The summed E-state index contributed by atoms with van der Waals surface area (Å²) in [6.07, 6.45) is 3.59. The van der Waals surface area contributed by atoms with Gasteiger partial charge in [-0.2, -0.15) is 5.26 Å². The van der Waals surface area contributed by atoms with Crippen molar-refractivity contribution in [2.75, 3.05) is 7.11 Å². The van der Waals surface area contributed by atoms with Crippen LogP contribution in [0.25, 0.3) is 0 Å². The van der Waals surface area contributed by atoms with Gasteiger partial charge in [0, 0.05) is 18.8 Å². The van der Waals surface area contributed by atoms with Gasteiger partial charge in [0.15, 0.2) is 11.5 Å². The second kappa shape index (κ2) is 10.9. The van der Waals surface area contributed by atoms with Crippen molar-refractivity contribution >= 4 is 23.2 Å². The zero-order chi connectivity index (χ0) is 25.7. The van der Waals surface area contributed by atoms with Gasteiger partial charge in [0.05, 0.1) is 18.2 Å². The molecule has 0 aromatic heterocycles. The molecule has 36 heavy (non-hydrogen) atoms. The lowest BCUT2D eigenvalue weighted by atomic mass is 9.80. The quantitative estimate of drug-likeness (QED) is 0.383. The molecule has 0 saturated heterocycles. The van der Waals surface area contributed by atoms with E-state index < -0.39 is 29.5 Å². The maximum atomic E-state index is 13.3. The topological polar surface area (TPSA) is 124 Å². The van der Waals surface area contributed by atoms with E-state index in [4.69, 9.17) is 36.9 Å². The number of nitrogens with zero attached hydrogens (tertiary/aromatic N) is 1. The van der Waals surface area contributed by atoms with Crippen LogP contribution in [0.3, 0.4) is 0 Å². The Balaban J connectivity index is 1.74. The van der Waals surface area contributed by atoms with Crippen LogP contribution in [0.15, 0.2) is 60.0 Å². The molecule has 2 aliphatic rings. The van der Waals surface area contributed by atoms with Gasteiger partial charge in [-0.1, -0.05) is 55.0 Å². The van der Waals surface area contributed by atoms with Gasteiger partial charge >= 0.3 is 5.97 Å². The molecule has 2 aromatic carbocycles. The lowest BCUT2D eigenvalue weighted by Crippen LogP contribution is -2.45. The van der Waals surface area contributed by atoms with Crippen LogP contribution in [-0.4, -0.2) is 29.0 Å². The standard InChI is InChI=1S/C27H28N2O6S/c1-32-20-11-10-18(14-21(20)33-16-17-8-4-2-5-9-17)22(19(15-28)24(29)36)23-25(30)34-27(35-26(23)31)12-6-3-7-13-27/h2,4-5,8-11,14,19,22,30H,3,6-7,12-13,16H2,1H3,(H2,29,36). The summed E-state index contributed by atoms with van der Waals surface area (Å²) in [4.78, 5) is 13.2. The molecule has 0 amide bonds. The Morgan fingerprint density at radius 1 is 1.17 bits per heavy atom. The Kier molecular flexibility index (Phi) is 7.65. The van der Waals surface area contributed by atoms with Crippen molar-refractivity contribution in [1.82, 2.24) is 0 Å². The molecule has 0 bridgehead atoms. The number of esters is 1. The number of nitriles is 1. The summed E-state index contributed by atoms with van der Waals surface area (Å²) in [5, 5.41) is 20.9. The number of hydrogen-bond donors (Lipinski definition) is 2. The van der Waals surface area contributed by atoms with Gasteiger partial charge in [-0.05, 0) is 36.1 Å². The molecular formula is C27H28N2O6S. The molecule has 1 saturated carbocycles. The summed E-state index contributed by atoms with van der Waals surface area (Å²) in [5.74, 6) is -3.85. The van der Waals surface area contributed by atoms with Crippen LogP contribution in [0.5, 0.6) is 11.5 Å². The third kappa shape index (κ3) is 5.24. The third-order valence-corrected chi connectivity index (χ3v) is 6.75. The normalized spacial score (nSPS) is 18.4. The fraction of sp³-hybridized carbons (Fsp3) is 0.370. The largest absolute Gasteiger partial charge is 0.493 e. The summed E-state index contributed by atoms with van der Waals surface area (Å²) in [7, 11) is 1.51. The molecule has 2 unspecified atom stereocenters. The van der Waals surface area contributed by atoms with E-state index in [0.717, 1.165) is 24.8 Å². The molecule has 1 fully saturated rings. The van der Waals surface area contributed by atoms with Crippen LogP contribution < -0.4 is 15.2 Å². The minimum Gasteiger partial charge on any atom is -0.493 e. The van der Waals surface area contributed by atoms with E-state index in [2.05, 4.69) is 6.07 Å². The summed E-state index contributed by atoms with van der Waals surface area (Å²) >= 11 is 5.16. The molecule has 1 spiro atoms. The van der Waals surface area contributed by atoms with Crippen LogP contribution >= 0.6 is 12.2 Å². The fourth-order valence-corrected chi connectivity index (χ4v) is 4.87. The molecule has 0 radical (unpaired) electrons. The SMILES string of the molecule is COc1ccc(C(C2=C(O)OC3(CCCCC3)OC2=O)C(C#N)C(N)=S)cc1OCc1ccccc1. The summed E-state index contributed by atoms with van der Waals surface area (Å²) in [5.41, 5.74) is 7.10. The van der Waals surface area contributed by atoms with Crippen molar-refractivity contribution in [2.24, 2.45) is 11.7 Å². The van der Waals surface area contributed by atoms with E-state index in [-0.39, 0.29) is 17.2 Å². The highest BCUT2D eigenvalue weighted by Crippen LogP contribution is 2.45. The average molecular weight is 509 g/mol. The summed E-state index contributed by atoms with van der Waals surface area (Å²) < 4.78 is 23.0. The van der Waals surface area contributed by atoms with E-state index in [1.165, 1.54) is 7.11 Å². The Labute approximate surface area is 215 Å². The Morgan fingerprint density at radius 2 is 1.89 bits per heavy atom. The number of benzene rings is 2. The number of aliphatic hydroxyl groups excluding tert-OH is 1. The van der Waals surface area contributed by atoms with Crippen molar-refractivity contribution in [1.29, 1.82) is 5.26 Å². The number of ether oxygens (including phenoxy) is 4. The van der Waals surface area contributed by atoms with E-state index in [9.17, 15) is 15.2 Å². The van der Waals surface area contributed by atoms with Crippen LogP contribution in [-0.2, 0) is 20.9 Å². The lowest BCUT2D eigenvalue weighted by molar-refractivity contribution is -0.250. The molecule has 188 valence electrons. The average Bonchev–Trinajstić information content (AvgIpc) is 2.87. The number of carbonyl (C=O) groups is 1. The predicted octanol–water partition coefficient (Wildman–Crippen LogP) is 4.79. The Hall–Kier alpha value is -3.77. The first-order valence-electron chi connectivity index (χ1n) is 11.8. The molecule has 2 atom stereocenters. The highest BCUT2D eigenvalue weighted by atomic mass is 32.1. The monoisotopic (exact) mass is 508 g/mol. The molecule has 3 N–H and O–H groups in total. The Bertz CT molecular complexity index is 1200. The Morgan fingerprint density at radius 3 is 2.50 bits per heavy atom. The van der Waals surface area contributed by atoms with Crippen molar-refractivity contribution in [2.45, 2.75) is 50.4 Å². The van der Waals surface area contributed by atoms with E-state index in [1.54, 1.807) is 18.2 Å². The van der Waals surface area contributed by atoms with E-state index in [0.29, 0.717) is 29.9 Å². The van der Waals surface area contributed by atoms with Crippen molar-refractivity contribution < 1.29 is 28.8 Å². The van der Waals surface area contributed by atoms with Crippen LogP contribution in [0.2, 0.25) is 0 Å². The van der Waals surface area contributed by atoms with Crippen molar-refractivity contribution in [3.63, 3.8) is 0 Å². The van der Waals surface area contributed by atoms with E-state index in [1.807, 2.05) is 30.3 Å². The summed E-state index contributed by atoms with van der Waals surface area (Å²) in [6.45, 7) is 0.268. The number of carbonyl (C=O) groups excluding carboxylic acids is 1. The summed E-state index contributed by atoms with van der Waals surface area (Å²) in [6, 6.07) is 16.6. The van der Waals surface area contributed by atoms with Gasteiger partial charge in [0.1, 0.15) is 18.1 Å². The molecule has 9 heteroatoms. The first-order valence-corrected chi connectivity index (χ1v) is 12.2. The van der Waals surface area contributed by atoms with Gasteiger partial charge in [0.25, 0.3) is 11.7 Å². The second-order valence-electron chi connectivity index (χ2n) is 8.85. The van der Waals surface area contributed by atoms with Crippen molar-refractivity contribution in [3.8, 4) is 17.6 Å². The van der Waals surface area contributed by atoms with Gasteiger partial charge in [-0.25, -0.2) is 4.79 Å². The first kappa shape index (κ1) is 25.3. The zero-order valence-corrected chi connectivity index (χ0v) is 20.8. The molecular weight excluding hydrogens is 480 g/mol. The molecule has 1 heterocycles. The number of methoxy groups -OCH3 is 1.